The summed E-state index contributed by atoms with van der Waals surface area (Å²) in [6.45, 7) is 1.58. The van der Waals surface area contributed by atoms with Gasteiger partial charge in [0.15, 0.2) is 5.13 Å². The molecule has 0 bridgehead atoms. The van der Waals surface area contributed by atoms with Gasteiger partial charge in [0.25, 0.3) is 0 Å². The number of carbonyl (C=O) groups excluding carboxylic acids is 2. The van der Waals surface area contributed by atoms with E-state index in [0.717, 1.165) is 42.5 Å². The molecule has 0 spiro atoms. The molecular formula is C24H22FN5O2S. The van der Waals surface area contributed by atoms with E-state index in [0.29, 0.717) is 16.6 Å². The van der Waals surface area contributed by atoms with E-state index < -0.39 is 0 Å². The quantitative estimate of drug-likeness (QED) is 0.467. The van der Waals surface area contributed by atoms with Crippen molar-refractivity contribution in [1.29, 1.82) is 0 Å². The van der Waals surface area contributed by atoms with E-state index in [1.807, 2.05) is 34.5 Å². The molecule has 1 fully saturated rings. The summed E-state index contributed by atoms with van der Waals surface area (Å²) in [5.74, 6) is 0.0461. The number of imidazole rings is 1. The second-order valence-corrected chi connectivity index (χ2v) is 8.82. The number of halogens is 1. The largest absolute Gasteiger partial charge is 0.342 e. The molecule has 4 aromatic rings. The number of benzene rings is 2. The molecule has 0 saturated carbocycles. The van der Waals surface area contributed by atoms with Crippen LogP contribution in [0.4, 0.5) is 9.52 Å². The lowest BCUT2D eigenvalue weighted by atomic mass is 10.2. The summed E-state index contributed by atoms with van der Waals surface area (Å²) in [6, 6.07) is 13.6. The molecule has 1 aliphatic rings. The van der Waals surface area contributed by atoms with Gasteiger partial charge in [-0.3, -0.25) is 9.59 Å². The molecule has 168 valence electrons. The standard InChI is InChI=1S/C24H22FN5O2S/c25-17-9-7-16(8-10-17)19-15-33-24(27-19)28-22(31)14-30-20-6-2-1-5-18(20)26-21(30)13-23(32)29-11-3-4-12-29/h1-2,5-10,15H,3-4,11-14H2,(H,27,28,31). The Balaban J connectivity index is 1.33. The summed E-state index contributed by atoms with van der Waals surface area (Å²) in [7, 11) is 0. The Morgan fingerprint density at radius 3 is 2.58 bits per heavy atom. The van der Waals surface area contributed by atoms with Gasteiger partial charge in [-0.2, -0.15) is 0 Å². The fourth-order valence-corrected chi connectivity index (χ4v) is 4.77. The predicted molar refractivity (Wildman–Crippen MR) is 125 cm³/mol. The van der Waals surface area contributed by atoms with Crippen LogP contribution in [0.3, 0.4) is 0 Å². The van der Waals surface area contributed by atoms with Crippen molar-refractivity contribution < 1.29 is 14.0 Å². The average molecular weight is 464 g/mol. The molecule has 3 heterocycles. The highest BCUT2D eigenvalue weighted by Crippen LogP contribution is 2.25. The SMILES string of the molecule is O=C(Cn1c(CC(=O)N2CCCC2)nc2ccccc21)Nc1nc(-c2ccc(F)cc2)cs1. The van der Waals surface area contributed by atoms with Crippen LogP contribution < -0.4 is 5.32 Å². The molecule has 33 heavy (non-hydrogen) atoms. The van der Waals surface area contributed by atoms with Crippen LogP contribution in [-0.2, 0) is 22.6 Å². The van der Waals surface area contributed by atoms with Gasteiger partial charge in [-0.1, -0.05) is 12.1 Å². The van der Waals surface area contributed by atoms with Crippen molar-refractivity contribution >= 4 is 39.3 Å². The summed E-state index contributed by atoms with van der Waals surface area (Å²) >= 11 is 1.30. The zero-order valence-corrected chi connectivity index (χ0v) is 18.6. The second kappa shape index (κ2) is 9.11. The van der Waals surface area contributed by atoms with Gasteiger partial charge < -0.3 is 14.8 Å². The van der Waals surface area contributed by atoms with Crippen LogP contribution in [0.1, 0.15) is 18.7 Å². The molecule has 1 N–H and O–H groups in total. The minimum atomic E-state index is -0.311. The van der Waals surface area contributed by atoms with Crippen molar-refractivity contribution in [2.24, 2.45) is 0 Å². The average Bonchev–Trinajstić information content (AvgIpc) is 3.56. The highest BCUT2D eigenvalue weighted by Gasteiger charge is 2.22. The van der Waals surface area contributed by atoms with Crippen molar-refractivity contribution in [1.82, 2.24) is 19.4 Å². The molecule has 2 amide bonds. The number of amides is 2. The van der Waals surface area contributed by atoms with Gasteiger partial charge in [-0.25, -0.2) is 14.4 Å². The van der Waals surface area contributed by atoms with Crippen molar-refractivity contribution in [3.63, 3.8) is 0 Å². The van der Waals surface area contributed by atoms with Gasteiger partial charge in [-0.15, -0.1) is 11.3 Å². The Morgan fingerprint density at radius 1 is 1.03 bits per heavy atom. The fraction of sp³-hybridized carbons (Fsp3) is 0.250. The van der Waals surface area contributed by atoms with Gasteiger partial charge in [-0.05, 0) is 49.2 Å². The first-order valence-corrected chi connectivity index (χ1v) is 11.7. The van der Waals surface area contributed by atoms with E-state index in [2.05, 4.69) is 15.3 Å². The maximum absolute atomic E-state index is 13.2. The third-order valence-electron chi connectivity index (χ3n) is 5.69. The van der Waals surface area contributed by atoms with Crippen LogP contribution in [0.2, 0.25) is 0 Å². The Kier molecular flexibility index (Phi) is 5.87. The third-order valence-corrected chi connectivity index (χ3v) is 6.45. The number of carbonyl (C=O) groups is 2. The second-order valence-electron chi connectivity index (χ2n) is 7.96. The molecule has 0 atom stereocenters. The summed E-state index contributed by atoms with van der Waals surface area (Å²) in [6.07, 6.45) is 2.21. The molecule has 5 rings (SSSR count). The monoisotopic (exact) mass is 463 g/mol. The molecule has 1 saturated heterocycles. The van der Waals surface area contributed by atoms with Gasteiger partial charge in [0, 0.05) is 24.0 Å². The Bertz CT molecular complexity index is 1310. The first kappa shape index (κ1) is 21.3. The number of thiazole rings is 1. The normalized spacial score (nSPS) is 13.5. The van der Waals surface area contributed by atoms with Gasteiger partial charge in [0.2, 0.25) is 11.8 Å². The summed E-state index contributed by atoms with van der Waals surface area (Å²) in [5, 5.41) is 5.10. The van der Waals surface area contributed by atoms with Gasteiger partial charge in [0.1, 0.15) is 18.2 Å². The molecule has 0 radical (unpaired) electrons. The molecular weight excluding hydrogens is 441 g/mol. The molecule has 0 aliphatic carbocycles. The molecule has 0 unspecified atom stereocenters. The van der Waals surface area contributed by atoms with E-state index in [4.69, 9.17) is 0 Å². The summed E-state index contributed by atoms with van der Waals surface area (Å²) in [5.41, 5.74) is 3.00. The first-order chi connectivity index (χ1) is 16.1. The van der Waals surface area contributed by atoms with Gasteiger partial charge in [0.05, 0.1) is 23.1 Å². The minimum Gasteiger partial charge on any atom is -0.342 e. The predicted octanol–water partition coefficient (Wildman–Crippen LogP) is 4.10. The number of aromatic nitrogens is 3. The molecule has 9 heteroatoms. The van der Waals surface area contributed by atoms with Crippen LogP contribution in [0.25, 0.3) is 22.3 Å². The van der Waals surface area contributed by atoms with Crippen molar-refractivity contribution in [3.05, 3.63) is 65.6 Å². The lowest BCUT2D eigenvalue weighted by Crippen LogP contribution is -2.30. The van der Waals surface area contributed by atoms with E-state index in [-0.39, 0.29) is 30.6 Å². The topological polar surface area (TPSA) is 80.1 Å². The highest BCUT2D eigenvalue weighted by molar-refractivity contribution is 7.14. The highest BCUT2D eigenvalue weighted by atomic mass is 32.1. The number of likely N-dealkylation sites (tertiary alicyclic amines) is 1. The van der Waals surface area contributed by atoms with Crippen LogP contribution >= 0.6 is 11.3 Å². The van der Waals surface area contributed by atoms with Crippen LogP contribution in [-0.4, -0.2) is 44.3 Å². The lowest BCUT2D eigenvalue weighted by molar-refractivity contribution is -0.129. The minimum absolute atomic E-state index is 0.0224. The maximum atomic E-state index is 13.2. The zero-order valence-electron chi connectivity index (χ0n) is 17.8. The Labute approximate surface area is 193 Å². The number of hydrogen-bond donors (Lipinski definition) is 1. The fourth-order valence-electron chi connectivity index (χ4n) is 4.04. The van der Waals surface area contributed by atoms with Crippen LogP contribution in [0, 0.1) is 5.82 Å². The lowest BCUT2D eigenvalue weighted by Gasteiger charge is -2.15. The van der Waals surface area contributed by atoms with Crippen LogP contribution in [0.15, 0.2) is 53.9 Å². The molecule has 2 aromatic heterocycles. The van der Waals surface area contributed by atoms with E-state index in [9.17, 15) is 14.0 Å². The number of fused-ring (bicyclic) bond motifs is 1. The van der Waals surface area contributed by atoms with Crippen LogP contribution in [0.5, 0.6) is 0 Å². The molecule has 7 nitrogen and oxygen atoms in total. The number of para-hydroxylation sites is 2. The number of rotatable bonds is 6. The first-order valence-electron chi connectivity index (χ1n) is 10.8. The Hall–Kier alpha value is -3.59. The smallest absolute Gasteiger partial charge is 0.246 e. The maximum Gasteiger partial charge on any atom is 0.246 e. The van der Waals surface area contributed by atoms with E-state index in [1.54, 1.807) is 16.7 Å². The number of anilines is 1. The summed E-state index contributed by atoms with van der Waals surface area (Å²) in [4.78, 5) is 36.5. The third kappa shape index (κ3) is 4.63. The van der Waals surface area contributed by atoms with Gasteiger partial charge >= 0.3 is 0 Å². The van der Waals surface area contributed by atoms with Crippen molar-refractivity contribution in [2.75, 3.05) is 18.4 Å². The number of hydrogen-bond acceptors (Lipinski definition) is 5. The Morgan fingerprint density at radius 2 is 1.79 bits per heavy atom. The summed E-state index contributed by atoms with van der Waals surface area (Å²) < 4.78 is 15.0. The van der Waals surface area contributed by atoms with E-state index in [1.165, 1.54) is 23.5 Å². The number of nitrogens with zero attached hydrogens (tertiary/aromatic N) is 4. The zero-order chi connectivity index (χ0) is 22.8. The van der Waals surface area contributed by atoms with Crippen molar-refractivity contribution in [3.8, 4) is 11.3 Å². The van der Waals surface area contributed by atoms with Crippen molar-refractivity contribution in [2.45, 2.75) is 25.8 Å². The molecule has 1 aliphatic heterocycles. The van der Waals surface area contributed by atoms with E-state index >= 15 is 0 Å². The molecule has 2 aromatic carbocycles. The number of nitrogens with one attached hydrogen (secondary N) is 1.